The van der Waals surface area contributed by atoms with Gasteiger partial charge in [-0.15, -0.1) is 0 Å². The molecule has 41 heavy (non-hydrogen) atoms. The third-order valence-corrected chi connectivity index (χ3v) is 7.85. The topological polar surface area (TPSA) is 43.3 Å². The molecule has 0 saturated carbocycles. The predicted octanol–water partition coefficient (Wildman–Crippen LogP) is 8.68. The van der Waals surface area contributed by atoms with Crippen LogP contribution in [0.4, 0.5) is 0 Å². The van der Waals surface area contributed by atoms with Crippen molar-refractivity contribution in [2.75, 3.05) is 0 Å². The first-order chi connectivity index (χ1) is 20.1. The quantitative estimate of drug-likeness (QED) is 0.171. The van der Waals surface area contributed by atoms with Crippen molar-refractivity contribution in [2.24, 2.45) is 0 Å². The van der Waals surface area contributed by atoms with Crippen LogP contribution >= 0.6 is 0 Å². The molecule has 0 aliphatic heterocycles. The Morgan fingerprint density at radius 3 is 2.29 bits per heavy atom. The minimum atomic E-state index is -0.113. The highest BCUT2D eigenvalue weighted by molar-refractivity contribution is 5.89. The monoisotopic (exact) mass is 544 g/mol. The molecular weight excluding hydrogens is 504 g/mol. The van der Waals surface area contributed by atoms with Gasteiger partial charge in [0.15, 0.2) is 0 Å². The van der Waals surface area contributed by atoms with Crippen molar-refractivity contribution in [3.63, 3.8) is 0 Å². The third kappa shape index (κ3) is 6.89. The molecule has 1 N–H and O–H groups in total. The van der Waals surface area contributed by atoms with Crippen LogP contribution in [0.25, 0.3) is 10.9 Å². The molecule has 2 atom stereocenters. The molecule has 210 valence electrons. The lowest BCUT2D eigenvalue weighted by molar-refractivity contribution is -0.121. The van der Waals surface area contributed by atoms with E-state index in [2.05, 4.69) is 91.4 Å². The summed E-state index contributed by atoms with van der Waals surface area (Å²) in [7, 11) is 0. The van der Waals surface area contributed by atoms with Crippen LogP contribution < -0.4 is 10.1 Å². The zero-order valence-corrected chi connectivity index (χ0v) is 24.3. The van der Waals surface area contributed by atoms with Crippen LogP contribution in [-0.2, 0) is 24.2 Å². The van der Waals surface area contributed by atoms with Crippen LogP contribution in [0.5, 0.6) is 11.5 Å². The number of fused-ring (bicyclic) bond motifs is 1. The van der Waals surface area contributed by atoms with E-state index in [1.165, 1.54) is 27.6 Å². The molecule has 4 aromatic carbocycles. The standard InChI is InChI=1S/C37H40N2O2/c1-4-29-16-13-21-33-35(26-39(5-2)37(29)33)34(25-36(40)38-27(3)22-23-28-14-8-6-9-15-28)30-17-12-20-32(24-30)41-31-18-10-7-11-19-31/h6-21,24,26-27,34H,4-5,22-23,25H2,1-3H3,(H,38,40). The molecule has 4 nitrogen and oxygen atoms in total. The number of nitrogens with one attached hydrogen (secondary N) is 1. The normalized spacial score (nSPS) is 12.7. The van der Waals surface area contributed by atoms with Crippen molar-refractivity contribution < 1.29 is 9.53 Å². The number of aryl methyl sites for hydroxylation is 3. The summed E-state index contributed by atoms with van der Waals surface area (Å²) in [4.78, 5) is 13.6. The Morgan fingerprint density at radius 2 is 1.56 bits per heavy atom. The summed E-state index contributed by atoms with van der Waals surface area (Å²) in [5.41, 5.74) is 6.14. The summed E-state index contributed by atoms with van der Waals surface area (Å²) < 4.78 is 8.53. The summed E-state index contributed by atoms with van der Waals surface area (Å²) in [6.45, 7) is 7.36. The Morgan fingerprint density at radius 1 is 0.854 bits per heavy atom. The maximum atomic E-state index is 13.6. The average Bonchev–Trinajstić information content (AvgIpc) is 3.39. The van der Waals surface area contributed by atoms with Gasteiger partial charge in [-0.05, 0) is 79.6 Å². The molecule has 0 radical (unpaired) electrons. The maximum Gasteiger partial charge on any atom is 0.221 e. The number of ether oxygens (including phenoxy) is 1. The van der Waals surface area contributed by atoms with Crippen molar-refractivity contribution in [1.29, 1.82) is 0 Å². The predicted molar refractivity (Wildman–Crippen MR) is 169 cm³/mol. The average molecular weight is 545 g/mol. The lowest BCUT2D eigenvalue weighted by atomic mass is 9.87. The van der Waals surface area contributed by atoms with Crippen LogP contribution in [0.2, 0.25) is 0 Å². The molecule has 1 heterocycles. The minimum Gasteiger partial charge on any atom is -0.457 e. The van der Waals surface area contributed by atoms with Gasteiger partial charge < -0.3 is 14.6 Å². The molecule has 1 aromatic heterocycles. The van der Waals surface area contributed by atoms with E-state index in [0.717, 1.165) is 42.9 Å². The van der Waals surface area contributed by atoms with E-state index in [1.807, 2.05) is 48.5 Å². The van der Waals surface area contributed by atoms with Gasteiger partial charge in [0, 0.05) is 36.5 Å². The highest BCUT2D eigenvalue weighted by atomic mass is 16.5. The molecule has 4 heteroatoms. The zero-order chi connectivity index (χ0) is 28.6. The fourth-order valence-electron chi connectivity index (χ4n) is 5.72. The van der Waals surface area contributed by atoms with Crippen molar-refractivity contribution in [3.05, 3.63) is 132 Å². The number of rotatable bonds is 12. The number of hydrogen-bond donors (Lipinski definition) is 1. The second kappa shape index (κ2) is 13.4. The Balaban J connectivity index is 1.45. The van der Waals surface area contributed by atoms with Crippen molar-refractivity contribution in [1.82, 2.24) is 9.88 Å². The molecule has 0 spiro atoms. The zero-order valence-electron chi connectivity index (χ0n) is 24.3. The van der Waals surface area contributed by atoms with E-state index < -0.39 is 0 Å². The van der Waals surface area contributed by atoms with Gasteiger partial charge in [0.1, 0.15) is 11.5 Å². The van der Waals surface area contributed by atoms with Crippen LogP contribution in [-0.4, -0.2) is 16.5 Å². The molecule has 5 aromatic rings. The number of carbonyl (C=O) groups is 1. The van der Waals surface area contributed by atoms with Gasteiger partial charge in [-0.2, -0.15) is 0 Å². The lowest BCUT2D eigenvalue weighted by Crippen LogP contribution is -2.33. The number of nitrogens with zero attached hydrogens (tertiary/aromatic N) is 1. The molecule has 5 rings (SSSR count). The number of benzene rings is 4. The Labute approximate surface area is 244 Å². The van der Waals surface area contributed by atoms with Gasteiger partial charge in [-0.3, -0.25) is 4.79 Å². The Bertz CT molecular complexity index is 1570. The fourth-order valence-corrected chi connectivity index (χ4v) is 5.72. The molecule has 1 amide bonds. The molecule has 0 saturated heterocycles. The SMILES string of the molecule is CCc1cccc2c(C(CC(=O)NC(C)CCc3ccccc3)c3cccc(Oc4ccccc4)c3)cn(CC)c12. The molecule has 0 aliphatic carbocycles. The molecular formula is C37H40N2O2. The molecule has 0 bridgehead atoms. The Kier molecular flexibility index (Phi) is 9.20. The van der Waals surface area contributed by atoms with Crippen molar-refractivity contribution in [3.8, 4) is 11.5 Å². The molecule has 0 fully saturated rings. The smallest absolute Gasteiger partial charge is 0.221 e. The van der Waals surface area contributed by atoms with Gasteiger partial charge >= 0.3 is 0 Å². The van der Waals surface area contributed by atoms with Gasteiger partial charge in [0.2, 0.25) is 5.91 Å². The van der Waals surface area contributed by atoms with E-state index in [-0.39, 0.29) is 17.9 Å². The van der Waals surface area contributed by atoms with Gasteiger partial charge in [0.05, 0.1) is 5.52 Å². The molecule has 2 unspecified atom stereocenters. The van der Waals surface area contributed by atoms with Crippen LogP contribution in [0.1, 0.15) is 61.8 Å². The number of hydrogen-bond acceptors (Lipinski definition) is 2. The van der Waals surface area contributed by atoms with E-state index in [0.29, 0.717) is 6.42 Å². The van der Waals surface area contributed by atoms with Crippen molar-refractivity contribution in [2.45, 2.75) is 65.0 Å². The van der Waals surface area contributed by atoms with Gasteiger partial charge in [0.25, 0.3) is 0 Å². The summed E-state index contributed by atoms with van der Waals surface area (Å²) in [6.07, 6.45) is 5.42. The summed E-state index contributed by atoms with van der Waals surface area (Å²) in [5, 5.41) is 4.51. The number of aromatic nitrogens is 1. The Hall–Kier alpha value is -4.31. The molecule has 0 aliphatic rings. The lowest BCUT2D eigenvalue weighted by Gasteiger charge is -2.20. The van der Waals surface area contributed by atoms with E-state index in [9.17, 15) is 4.79 Å². The number of amides is 1. The van der Waals surface area contributed by atoms with Crippen LogP contribution in [0.15, 0.2) is 109 Å². The largest absolute Gasteiger partial charge is 0.457 e. The minimum absolute atomic E-state index is 0.0639. The van der Waals surface area contributed by atoms with Crippen LogP contribution in [0, 0.1) is 0 Å². The van der Waals surface area contributed by atoms with E-state index >= 15 is 0 Å². The van der Waals surface area contributed by atoms with E-state index in [4.69, 9.17) is 4.74 Å². The number of para-hydroxylation sites is 2. The third-order valence-electron chi connectivity index (χ3n) is 7.85. The summed E-state index contributed by atoms with van der Waals surface area (Å²) >= 11 is 0. The first-order valence-corrected chi connectivity index (χ1v) is 14.8. The number of carbonyl (C=O) groups excluding carboxylic acids is 1. The highest BCUT2D eigenvalue weighted by Crippen LogP contribution is 2.37. The summed E-state index contributed by atoms with van der Waals surface area (Å²) in [6, 6.07) is 35.1. The van der Waals surface area contributed by atoms with E-state index in [1.54, 1.807) is 0 Å². The first kappa shape index (κ1) is 28.2. The van der Waals surface area contributed by atoms with Crippen molar-refractivity contribution >= 4 is 16.8 Å². The van der Waals surface area contributed by atoms with Crippen LogP contribution in [0.3, 0.4) is 0 Å². The van der Waals surface area contributed by atoms with Gasteiger partial charge in [-0.25, -0.2) is 0 Å². The first-order valence-electron chi connectivity index (χ1n) is 14.8. The highest BCUT2D eigenvalue weighted by Gasteiger charge is 2.24. The second-order valence-electron chi connectivity index (χ2n) is 10.8. The fraction of sp³-hybridized carbons (Fsp3) is 0.270. The maximum absolute atomic E-state index is 13.6. The van der Waals surface area contributed by atoms with Gasteiger partial charge in [-0.1, -0.05) is 85.8 Å². The summed E-state index contributed by atoms with van der Waals surface area (Å²) in [5.74, 6) is 1.51. The second-order valence-corrected chi connectivity index (χ2v) is 10.8.